The zero-order valence-electron chi connectivity index (χ0n) is 19.5. The summed E-state index contributed by atoms with van der Waals surface area (Å²) in [6.07, 6.45) is -1.26. The van der Waals surface area contributed by atoms with Crippen molar-refractivity contribution >= 4 is 38.5 Å². The molecule has 1 N–H and O–H groups in total. The molecule has 0 fully saturated rings. The maximum Gasteiger partial charge on any atom is 0.412 e. The minimum absolute atomic E-state index is 0.0286. The van der Waals surface area contributed by atoms with E-state index in [4.69, 9.17) is 14.7 Å². The van der Waals surface area contributed by atoms with Crippen molar-refractivity contribution in [2.75, 3.05) is 12.4 Å². The van der Waals surface area contributed by atoms with Gasteiger partial charge in [-0.3, -0.25) is 10.1 Å². The fraction of sp³-hybridized carbons (Fsp3) is 0.292. The Morgan fingerprint density at radius 1 is 1.12 bits per heavy atom. The van der Waals surface area contributed by atoms with Crippen LogP contribution in [0.3, 0.4) is 0 Å². The van der Waals surface area contributed by atoms with Gasteiger partial charge in [0, 0.05) is 5.39 Å². The molecule has 0 aliphatic carbocycles. The van der Waals surface area contributed by atoms with E-state index in [1.54, 1.807) is 39.0 Å². The van der Waals surface area contributed by atoms with Crippen molar-refractivity contribution in [3.8, 4) is 11.8 Å². The number of ketones is 1. The van der Waals surface area contributed by atoms with Gasteiger partial charge < -0.3 is 9.47 Å². The monoisotopic (exact) mass is 483 g/mol. The normalized spacial score (nSPS) is 11.6. The number of Topliss-reactive ketones (excluding diaryl/α,β-unsaturated/α-hetero) is 1. The van der Waals surface area contributed by atoms with E-state index in [-0.39, 0.29) is 27.5 Å². The predicted molar refractivity (Wildman–Crippen MR) is 127 cm³/mol. The third-order valence-electron chi connectivity index (χ3n) is 4.80. The van der Waals surface area contributed by atoms with Gasteiger partial charge in [-0.05, 0) is 58.0 Å². The summed E-state index contributed by atoms with van der Waals surface area (Å²) in [5, 5.41) is 12.0. The molecule has 10 heteroatoms. The van der Waals surface area contributed by atoms with Gasteiger partial charge in [-0.1, -0.05) is 17.7 Å². The lowest BCUT2D eigenvalue weighted by Gasteiger charge is -2.20. The lowest BCUT2D eigenvalue weighted by molar-refractivity contribution is 0.0635. The molecule has 0 saturated heterocycles. The quantitative estimate of drug-likeness (QED) is 0.506. The number of carbonyl (C=O) groups is 2. The Hall–Kier alpha value is -3.84. The number of aryl methyl sites for hydroxylation is 1. The van der Waals surface area contributed by atoms with E-state index in [1.807, 2.05) is 6.92 Å². The molecule has 1 heterocycles. The first-order valence-corrected chi connectivity index (χ1v) is 11.8. The van der Waals surface area contributed by atoms with Gasteiger partial charge in [-0.2, -0.15) is 5.26 Å². The number of hydrogen-bond donors (Lipinski definition) is 1. The number of methoxy groups -OCH3 is 1. The van der Waals surface area contributed by atoms with Crippen LogP contribution in [0, 0.1) is 18.3 Å². The summed E-state index contributed by atoms with van der Waals surface area (Å²) in [6, 6.07) is 12.2. The molecular weight excluding hydrogens is 458 g/mol. The molecule has 0 aliphatic rings. The average molecular weight is 484 g/mol. The maximum atomic E-state index is 13.6. The molecular formula is C24H25N3O6S. The van der Waals surface area contributed by atoms with Crippen LogP contribution in [-0.4, -0.2) is 37.0 Å². The maximum absolute atomic E-state index is 13.6. The van der Waals surface area contributed by atoms with E-state index in [0.717, 1.165) is 9.54 Å². The van der Waals surface area contributed by atoms with Crippen LogP contribution in [-0.2, 0) is 14.8 Å². The molecule has 0 atom stereocenters. The number of nitrogens with one attached hydrogen (secondary N) is 1. The van der Waals surface area contributed by atoms with Gasteiger partial charge in [-0.15, -0.1) is 0 Å². The van der Waals surface area contributed by atoms with Gasteiger partial charge in [0.2, 0.25) is 0 Å². The third kappa shape index (κ3) is 5.05. The molecule has 34 heavy (non-hydrogen) atoms. The molecule has 9 nitrogen and oxygen atoms in total. The number of hydrogen-bond acceptors (Lipinski definition) is 7. The van der Waals surface area contributed by atoms with Crippen LogP contribution in [0.5, 0.6) is 5.75 Å². The second-order valence-corrected chi connectivity index (χ2v) is 10.4. The second kappa shape index (κ2) is 9.19. The van der Waals surface area contributed by atoms with Gasteiger partial charge in [0.1, 0.15) is 23.5 Å². The number of rotatable bonds is 6. The van der Waals surface area contributed by atoms with Crippen LogP contribution in [0.15, 0.2) is 47.4 Å². The molecule has 2 aromatic carbocycles. The number of carbonyl (C=O) groups excluding carboxylic acids is 2. The SMILES string of the molecule is COc1cc2cc(C(=O)CC#N)n(S(=O)(=O)c3ccc(C)cc3)c2cc1NC(=O)OC(C)(C)C. The van der Waals surface area contributed by atoms with E-state index >= 15 is 0 Å². The Labute approximate surface area is 197 Å². The topological polar surface area (TPSA) is 127 Å². The van der Waals surface area contributed by atoms with Crippen molar-refractivity contribution in [3.63, 3.8) is 0 Å². The Morgan fingerprint density at radius 3 is 2.32 bits per heavy atom. The highest BCUT2D eigenvalue weighted by Gasteiger charge is 2.28. The Bertz CT molecular complexity index is 1410. The van der Waals surface area contributed by atoms with Crippen molar-refractivity contribution in [2.24, 2.45) is 0 Å². The van der Waals surface area contributed by atoms with E-state index in [9.17, 15) is 18.0 Å². The number of benzene rings is 2. The van der Waals surface area contributed by atoms with Crippen LogP contribution < -0.4 is 10.1 Å². The summed E-state index contributed by atoms with van der Waals surface area (Å²) in [4.78, 5) is 25.0. The highest BCUT2D eigenvalue weighted by Crippen LogP contribution is 2.35. The molecule has 3 rings (SSSR count). The molecule has 1 aromatic heterocycles. The molecule has 0 aliphatic heterocycles. The summed E-state index contributed by atoms with van der Waals surface area (Å²) in [5.74, 6) is -0.419. The molecule has 178 valence electrons. The first-order chi connectivity index (χ1) is 15.9. The zero-order chi connectivity index (χ0) is 25.3. The minimum Gasteiger partial charge on any atom is -0.495 e. The van der Waals surface area contributed by atoms with Gasteiger partial charge in [-0.25, -0.2) is 17.2 Å². The standard InChI is InChI=1S/C24H25N3O6S/c1-15-6-8-17(9-7-15)34(30,31)27-19-14-18(26-23(29)33-24(2,3)4)22(32-5)13-16(19)12-20(27)21(28)10-11-25/h6-9,12-14H,10H2,1-5H3,(H,26,29). The van der Waals surface area contributed by atoms with Gasteiger partial charge in [0.15, 0.2) is 5.78 Å². The highest BCUT2D eigenvalue weighted by atomic mass is 32.2. The molecule has 0 bridgehead atoms. The molecule has 3 aromatic rings. The summed E-state index contributed by atoms with van der Waals surface area (Å²) in [7, 11) is -2.83. The fourth-order valence-electron chi connectivity index (χ4n) is 3.32. The smallest absolute Gasteiger partial charge is 0.412 e. The first kappa shape index (κ1) is 24.8. The van der Waals surface area contributed by atoms with E-state index in [1.165, 1.54) is 37.4 Å². The van der Waals surface area contributed by atoms with Crippen LogP contribution >= 0.6 is 0 Å². The molecule has 0 spiro atoms. The summed E-state index contributed by atoms with van der Waals surface area (Å²) in [6.45, 7) is 6.95. The summed E-state index contributed by atoms with van der Waals surface area (Å²) < 4.78 is 38.8. The lowest BCUT2D eigenvalue weighted by Crippen LogP contribution is -2.27. The number of nitrogens with zero attached hydrogens (tertiary/aromatic N) is 2. The molecule has 0 radical (unpaired) electrons. The summed E-state index contributed by atoms with van der Waals surface area (Å²) >= 11 is 0. The van der Waals surface area contributed by atoms with Gasteiger partial charge in [0.25, 0.3) is 10.0 Å². The van der Waals surface area contributed by atoms with Crippen LogP contribution in [0.25, 0.3) is 10.9 Å². The number of fused-ring (bicyclic) bond motifs is 1. The average Bonchev–Trinajstić information content (AvgIpc) is 3.11. The third-order valence-corrected chi connectivity index (χ3v) is 6.54. The Balaban J connectivity index is 2.27. The van der Waals surface area contributed by atoms with Gasteiger partial charge in [0.05, 0.1) is 29.3 Å². The van der Waals surface area contributed by atoms with E-state index in [0.29, 0.717) is 5.39 Å². The van der Waals surface area contributed by atoms with Crippen molar-refractivity contribution in [3.05, 3.63) is 53.7 Å². The number of ether oxygens (including phenoxy) is 2. The zero-order valence-corrected chi connectivity index (χ0v) is 20.3. The molecule has 1 amide bonds. The van der Waals surface area contributed by atoms with Gasteiger partial charge >= 0.3 is 6.09 Å². The number of nitriles is 1. The summed E-state index contributed by atoms with van der Waals surface area (Å²) in [5.41, 5.74) is 0.225. The highest BCUT2D eigenvalue weighted by molar-refractivity contribution is 7.90. The second-order valence-electron chi connectivity index (χ2n) is 8.61. The van der Waals surface area contributed by atoms with Crippen LogP contribution in [0.1, 0.15) is 43.2 Å². The van der Waals surface area contributed by atoms with Crippen molar-refractivity contribution < 1.29 is 27.5 Å². The first-order valence-electron chi connectivity index (χ1n) is 10.3. The Kier molecular flexibility index (Phi) is 6.70. The number of anilines is 1. The largest absolute Gasteiger partial charge is 0.495 e. The fourth-order valence-corrected chi connectivity index (χ4v) is 4.84. The number of aromatic nitrogens is 1. The van der Waals surface area contributed by atoms with Crippen LogP contribution in [0.2, 0.25) is 0 Å². The molecule has 0 saturated carbocycles. The predicted octanol–water partition coefficient (Wildman–Crippen LogP) is 4.64. The Morgan fingerprint density at radius 2 is 1.76 bits per heavy atom. The van der Waals surface area contributed by atoms with E-state index in [2.05, 4.69) is 5.32 Å². The van der Waals surface area contributed by atoms with Crippen LogP contribution in [0.4, 0.5) is 10.5 Å². The number of amides is 1. The lowest BCUT2D eigenvalue weighted by atomic mass is 10.2. The minimum atomic E-state index is -4.22. The van der Waals surface area contributed by atoms with Crippen molar-refractivity contribution in [1.82, 2.24) is 3.97 Å². The van der Waals surface area contributed by atoms with Crippen molar-refractivity contribution in [1.29, 1.82) is 5.26 Å². The van der Waals surface area contributed by atoms with Crippen molar-refractivity contribution in [2.45, 2.75) is 44.6 Å². The van der Waals surface area contributed by atoms with E-state index < -0.39 is 33.9 Å². The molecule has 0 unspecified atom stereocenters.